The molecule has 1 aliphatic rings. The number of thiophene rings is 1. The molecule has 1 aromatic rings. The molecule has 0 N–H and O–H groups in total. The summed E-state index contributed by atoms with van der Waals surface area (Å²) in [6.45, 7) is 0. The van der Waals surface area contributed by atoms with Crippen LogP contribution in [0.3, 0.4) is 0 Å². The Bertz CT molecular complexity index is 413. The number of carbonyl (C=O) groups is 1. The standard InChI is InChI=1S/C13H18BrNO2S/c1-15(12-7-10(14)8-18-12)11-5-3-9(4-6-11)13(16)17-2/h7-9,11H,3-6H2,1-2H3. The molecule has 0 amide bonds. The third-order valence-electron chi connectivity index (χ3n) is 3.68. The molecule has 2 rings (SSSR count). The molecule has 0 bridgehead atoms. The molecule has 0 atom stereocenters. The van der Waals surface area contributed by atoms with Gasteiger partial charge in [0, 0.05) is 22.9 Å². The smallest absolute Gasteiger partial charge is 0.308 e. The maximum Gasteiger partial charge on any atom is 0.308 e. The Morgan fingerprint density at radius 2 is 2.11 bits per heavy atom. The fraction of sp³-hybridized carbons (Fsp3) is 0.615. The van der Waals surface area contributed by atoms with Gasteiger partial charge in [-0.3, -0.25) is 4.79 Å². The van der Waals surface area contributed by atoms with E-state index in [1.54, 1.807) is 11.3 Å². The monoisotopic (exact) mass is 331 g/mol. The minimum absolute atomic E-state index is 0.0463. The lowest BCUT2D eigenvalue weighted by molar-refractivity contribution is -0.146. The van der Waals surface area contributed by atoms with E-state index in [-0.39, 0.29) is 11.9 Å². The number of hydrogen-bond donors (Lipinski definition) is 0. The van der Waals surface area contributed by atoms with Gasteiger partial charge in [-0.05, 0) is 47.7 Å². The van der Waals surface area contributed by atoms with Crippen LogP contribution >= 0.6 is 27.3 Å². The van der Waals surface area contributed by atoms with Gasteiger partial charge in [0.25, 0.3) is 0 Å². The van der Waals surface area contributed by atoms with E-state index < -0.39 is 0 Å². The van der Waals surface area contributed by atoms with Crippen LogP contribution in [0.2, 0.25) is 0 Å². The average molecular weight is 332 g/mol. The SMILES string of the molecule is COC(=O)C1CCC(N(C)c2cc(Br)cs2)CC1. The Labute approximate surface area is 120 Å². The number of hydrogen-bond acceptors (Lipinski definition) is 4. The molecule has 0 radical (unpaired) electrons. The second-order valence-corrected chi connectivity index (χ2v) is 6.55. The highest BCUT2D eigenvalue weighted by atomic mass is 79.9. The highest BCUT2D eigenvalue weighted by Gasteiger charge is 2.29. The number of anilines is 1. The van der Waals surface area contributed by atoms with Crippen molar-refractivity contribution in [2.24, 2.45) is 5.92 Å². The summed E-state index contributed by atoms with van der Waals surface area (Å²) in [5.41, 5.74) is 0. The predicted molar refractivity (Wildman–Crippen MR) is 78.2 cm³/mol. The van der Waals surface area contributed by atoms with Crippen molar-refractivity contribution in [3.05, 3.63) is 15.9 Å². The number of methoxy groups -OCH3 is 1. The van der Waals surface area contributed by atoms with Crippen molar-refractivity contribution in [1.82, 2.24) is 0 Å². The lowest BCUT2D eigenvalue weighted by atomic mass is 9.85. The fourth-order valence-corrected chi connectivity index (χ4v) is 3.99. The molecule has 1 saturated carbocycles. The molecule has 1 heterocycles. The van der Waals surface area contributed by atoms with E-state index in [0.717, 1.165) is 30.2 Å². The first-order valence-corrected chi connectivity index (χ1v) is 7.83. The third-order valence-corrected chi connectivity index (χ3v) is 5.46. The molecule has 0 saturated heterocycles. The van der Waals surface area contributed by atoms with Crippen molar-refractivity contribution in [3.8, 4) is 0 Å². The van der Waals surface area contributed by atoms with E-state index in [1.165, 1.54) is 12.1 Å². The van der Waals surface area contributed by atoms with Crippen LogP contribution in [0.1, 0.15) is 25.7 Å². The summed E-state index contributed by atoms with van der Waals surface area (Å²) in [4.78, 5) is 13.8. The zero-order valence-electron chi connectivity index (χ0n) is 10.7. The summed E-state index contributed by atoms with van der Waals surface area (Å²) in [6, 6.07) is 2.69. The number of halogens is 1. The third kappa shape index (κ3) is 3.06. The fourth-order valence-electron chi connectivity index (χ4n) is 2.53. The molecule has 0 unspecified atom stereocenters. The number of nitrogens with zero attached hydrogens (tertiary/aromatic N) is 1. The second-order valence-electron chi connectivity index (χ2n) is 4.74. The van der Waals surface area contributed by atoms with Gasteiger partial charge in [0.15, 0.2) is 0 Å². The highest BCUT2D eigenvalue weighted by Crippen LogP contribution is 2.34. The van der Waals surface area contributed by atoms with Gasteiger partial charge in [0.2, 0.25) is 0 Å². The zero-order valence-corrected chi connectivity index (χ0v) is 13.1. The number of esters is 1. The second kappa shape index (κ2) is 6.06. The van der Waals surface area contributed by atoms with Crippen LogP contribution in [0.25, 0.3) is 0 Å². The van der Waals surface area contributed by atoms with Crippen molar-refractivity contribution in [3.63, 3.8) is 0 Å². The van der Waals surface area contributed by atoms with Gasteiger partial charge in [-0.1, -0.05) is 0 Å². The molecule has 18 heavy (non-hydrogen) atoms. The first kappa shape index (κ1) is 13.9. The summed E-state index contributed by atoms with van der Waals surface area (Å²) < 4.78 is 5.95. The quantitative estimate of drug-likeness (QED) is 0.791. The first-order valence-electron chi connectivity index (χ1n) is 6.16. The Balaban J connectivity index is 1.91. The maximum absolute atomic E-state index is 11.5. The van der Waals surface area contributed by atoms with Crippen molar-refractivity contribution in [2.75, 3.05) is 19.1 Å². The van der Waals surface area contributed by atoms with Crippen LogP contribution in [0.4, 0.5) is 5.00 Å². The van der Waals surface area contributed by atoms with E-state index in [9.17, 15) is 4.79 Å². The Morgan fingerprint density at radius 3 is 2.61 bits per heavy atom. The molecule has 0 aromatic carbocycles. The zero-order chi connectivity index (χ0) is 13.1. The van der Waals surface area contributed by atoms with Crippen molar-refractivity contribution >= 4 is 38.2 Å². The van der Waals surface area contributed by atoms with Crippen LogP contribution in [-0.2, 0) is 9.53 Å². The van der Waals surface area contributed by atoms with Gasteiger partial charge in [0.05, 0.1) is 18.0 Å². The molecule has 0 aliphatic heterocycles. The van der Waals surface area contributed by atoms with Crippen LogP contribution in [-0.4, -0.2) is 26.2 Å². The maximum atomic E-state index is 11.5. The van der Waals surface area contributed by atoms with Gasteiger partial charge in [0.1, 0.15) is 0 Å². The van der Waals surface area contributed by atoms with Gasteiger partial charge < -0.3 is 9.64 Å². The normalized spacial score (nSPS) is 23.7. The van der Waals surface area contributed by atoms with Crippen LogP contribution in [0.15, 0.2) is 15.9 Å². The molecule has 100 valence electrons. The van der Waals surface area contributed by atoms with Gasteiger partial charge >= 0.3 is 5.97 Å². The molecule has 1 aromatic heterocycles. The molecule has 1 aliphatic carbocycles. The van der Waals surface area contributed by atoms with E-state index >= 15 is 0 Å². The van der Waals surface area contributed by atoms with Crippen LogP contribution in [0, 0.1) is 5.92 Å². The molecule has 5 heteroatoms. The molecule has 3 nitrogen and oxygen atoms in total. The highest BCUT2D eigenvalue weighted by molar-refractivity contribution is 9.10. The largest absolute Gasteiger partial charge is 0.469 e. The lowest BCUT2D eigenvalue weighted by Gasteiger charge is -2.34. The Morgan fingerprint density at radius 1 is 1.44 bits per heavy atom. The summed E-state index contributed by atoms with van der Waals surface area (Å²) in [5.74, 6) is 0.0599. The van der Waals surface area contributed by atoms with E-state index in [0.29, 0.717) is 6.04 Å². The van der Waals surface area contributed by atoms with Crippen molar-refractivity contribution in [2.45, 2.75) is 31.7 Å². The topological polar surface area (TPSA) is 29.5 Å². The lowest BCUT2D eigenvalue weighted by Crippen LogP contribution is -2.36. The minimum atomic E-state index is -0.0463. The average Bonchev–Trinajstić information content (AvgIpc) is 2.84. The molecular weight excluding hydrogens is 314 g/mol. The van der Waals surface area contributed by atoms with Crippen LogP contribution < -0.4 is 4.90 Å². The van der Waals surface area contributed by atoms with Gasteiger partial charge in [-0.2, -0.15) is 0 Å². The summed E-state index contributed by atoms with van der Waals surface area (Å²) >= 11 is 5.24. The van der Waals surface area contributed by atoms with Gasteiger partial charge in [-0.25, -0.2) is 0 Å². The van der Waals surface area contributed by atoms with Crippen molar-refractivity contribution in [1.29, 1.82) is 0 Å². The first-order chi connectivity index (χ1) is 8.61. The van der Waals surface area contributed by atoms with E-state index in [4.69, 9.17) is 4.74 Å². The van der Waals surface area contributed by atoms with Gasteiger partial charge in [-0.15, -0.1) is 11.3 Å². The van der Waals surface area contributed by atoms with Crippen LogP contribution in [0.5, 0.6) is 0 Å². The van der Waals surface area contributed by atoms with E-state index in [2.05, 4.69) is 39.3 Å². The minimum Gasteiger partial charge on any atom is -0.469 e. The Hall–Kier alpha value is -0.550. The molecular formula is C13H18BrNO2S. The predicted octanol–water partition coefficient (Wildman–Crippen LogP) is 3.68. The summed E-state index contributed by atoms with van der Waals surface area (Å²) in [6.07, 6.45) is 4.00. The number of carbonyl (C=O) groups excluding carboxylic acids is 1. The van der Waals surface area contributed by atoms with Crippen molar-refractivity contribution < 1.29 is 9.53 Å². The molecule has 1 fully saturated rings. The van der Waals surface area contributed by atoms with E-state index in [1.807, 2.05) is 0 Å². The summed E-state index contributed by atoms with van der Waals surface area (Å²) in [5, 5.41) is 3.38. The molecule has 0 spiro atoms. The summed E-state index contributed by atoms with van der Waals surface area (Å²) in [7, 11) is 3.62. The number of rotatable bonds is 3. The number of ether oxygens (including phenoxy) is 1. The Kier molecular flexibility index (Phi) is 4.67.